The van der Waals surface area contributed by atoms with Crippen LogP contribution < -0.4 is 5.32 Å². The van der Waals surface area contributed by atoms with E-state index in [4.69, 9.17) is 5.11 Å². The number of hydrogen-bond acceptors (Lipinski definition) is 4. The molecule has 0 saturated carbocycles. The van der Waals surface area contributed by atoms with E-state index in [2.05, 4.69) is 0 Å². The average Bonchev–Trinajstić information content (AvgIpc) is 1.84. The molecule has 1 atom stereocenters. The topological polar surface area (TPSA) is 94.0 Å². The van der Waals surface area contributed by atoms with Crippen LogP contribution in [0.1, 0.15) is 13.3 Å². The zero-order valence-electron chi connectivity index (χ0n) is 5.86. The second kappa shape index (κ2) is 2.83. The molecule has 5 nitrogen and oxygen atoms in total. The van der Waals surface area contributed by atoms with Crippen molar-refractivity contribution < 1.29 is 23.4 Å². The SMILES string of the molecule is CCC(O)([NH2+]C)S(=O)(=O)[O-]. The molecule has 6 heteroatoms. The van der Waals surface area contributed by atoms with Gasteiger partial charge in [-0.1, -0.05) is 6.92 Å². The fourth-order valence-electron chi connectivity index (χ4n) is 0.525. The molecule has 0 radical (unpaired) electrons. The van der Waals surface area contributed by atoms with E-state index >= 15 is 0 Å². The summed E-state index contributed by atoms with van der Waals surface area (Å²) < 4.78 is 30.8. The Morgan fingerprint density at radius 1 is 1.70 bits per heavy atom. The van der Waals surface area contributed by atoms with Crippen LogP contribution in [0, 0.1) is 0 Å². The Kier molecular flexibility index (Phi) is 2.78. The normalized spacial score (nSPS) is 18.4. The van der Waals surface area contributed by atoms with Crippen molar-refractivity contribution in [3.8, 4) is 0 Å². The van der Waals surface area contributed by atoms with Crippen LogP contribution in [0.25, 0.3) is 0 Å². The number of rotatable bonds is 3. The molecule has 10 heavy (non-hydrogen) atoms. The molecule has 0 rings (SSSR count). The Morgan fingerprint density at radius 3 is 2.10 bits per heavy atom. The van der Waals surface area contributed by atoms with E-state index in [-0.39, 0.29) is 6.42 Å². The van der Waals surface area contributed by atoms with Crippen molar-refractivity contribution in [2.75, 3.05) is 7.05 Å². The zero-order chi connectivity index (χ0) is 8.41. The fraction of sp³-hybridized carbons (Fsp3) is 1.00. The Balaban J connectivity index is 4.68. The molecule has 0 aromatic heterocycles. The van der Waals surface area contributed by atoms with E-state index in [9.17, 15) is 13.0 Å². The maximum Gasteiger partial charge on any atom is 0.289 e. The van der Waals surface area contributed by atoms with Crippen molar-refractivity contribution in [3.05, 3.63) is 0 Å². The second-order valence-electron chi connectivity index (χ2n) is 1.94. The summed E-state index contributed by atoms with van der Waals surface area (Å²) in [6.45, 7) is 1.43. The van der Waals surface area contributed by atoms with Gasteiger partial charge in [0.1, 0.15) is 0 Å². The highest BCUT2D eigenvalue weighted by molar-refractivity contribution is 7.86. The molecular weight excluding hydrogens is 158 g/mol. The van der Waals surface area contributed by atoms with Crippen molar-refractivity contribution in [2.24, 2.45) is 0 Å². The molecule has 0 aliphatic carbocycles. The number of hydrogen-bond donors (Lipinski definition) is 2. The van der Waals surface area contributed by atoms with Gasteiger partial charge in [-0.3, -0.25) is 0 Å². The number of aliphatic hydroxyl groups is 1. The molecule has 0 aliphatic heterocycles. The lowest BCUT2D eigenvalue weighted by Gasteiger charge is -2.24. The van der Waals surface area contributed by atoms with Crippen LogP contribution in [-0.2, 0) is 10.1 Å². The van der Waals surface area contributed by atoms with Gasteiger partial charge in [-0.15, -0.1) is 0 Å². The first-order valence-corrected chi connectivity index (χ1v) is 4.26. The molecule has 0 heterocycles. The van der Waals surface area contributed by atoms with Crippen LogP contribution in [0.2, 0.25) is 0 Å². The van der Waals surface area contributed by atoms with E-state index < -0.39 is 15.2 Å². The third kappa shape index (κ3) is 1.66. The van der Waals surface area contributed by atoms with Gasteiger partial charge in [0.25, 0.3) is 5.06 Å². The highest BCUT2D eigenvalue weighted by Gasteiger charge is 2.34. The Morgan fingerprint density at radius 2 is 2.10 bits per heavy atom. The van der Waals surface area contributed by atoms with E-state index in [0.29, 0.717) is 0 Å². The summed E-state index contributed by atoms with van der Waals surface area (Å²) in [7, 11) is -3.28. The summed E-state index contributed by atoms with van der Waals surface area (Å²) >= 11 is 0. The maximum atomic E-state index is 10.3. The average molecular weight is 169 g/mol. The van der Waals surface area contributed by atoms with Crippen molar-refractivity contribution in [1.82, 2.24) is 0 Å². The molecule has 0 aliphatic rings. The van der Waals surface area contributed by atoms with Gasteiger partial charge in [-0.05, 0) is 0 Å². The number of quaternary nitrogens is 1. The summed E-state index contributed by atoms with van der Waals surface area (Å²) in [6.07, 6.45) is -0.116. The Bertz CT molecular complexity index is 193. The van der Waals surface area contributed by atoms with Gasteiger partial charge in [-0.2, -0.15) is 0 Å². The summed E-state index contributed by atoms with van der Waals surface area (Å²) in [5.74, 6) is 0. The van der Waals surface area contributed by atoms with E-state index in [1.54, 1.807) is 0 Å². The lowest BCUT2D eigenvalue weighted by Crippen LogP contribution is -2.95. The third-order valence-electron chi connectivity index (χ3n) is 1.39. The molecule has 1 unspecified atom stereocenters. The van der Waals surface area contributed by atoms with Crippen molar-refractivity contribution >= 4 is 10.1 Å². The summed E-state index contributed by atoms with van der Waals surface area (Å²) in [5.41, 5.74) is 0. The van der Waals surface area contributed by atoms with Crippen LogP contribution in [0.5, 0.6) is 0 Å². The molecule has 0 fully saturated rings. The predicted octanol–water partition coefficient (Wildman–Crippen LogP) is -2.22. The highest BCUT2D eigenvalue weighted by atomic mass is 32.2. The summed E-state index contributed by atoms with van der Waals surface area (Å²) in [4.78, 5) is 0. The van der Waals surface area contributed by atoms with Crippen LogP contribution in [-0.4, -0.2) is 30.2 Å². The van der Waals surface area contributed by atoms with Gasteiger partial charge in [-0.25, -0.2) is 8.42 Å². The van der Waals surface area contributed by atoms with Crippen LogP contribution >= 0.6 is 0 Å². The van der Waals surface area contributed by atoms with Gasteiger partial charge in [0.05, 0.1) is 7.05 Å². The second-order valence-corrected chi connectivity index (χ2v) is 3.56. The molecule has 0 amide bonds. The largest absolute Gasteiger partial charge is 0.741 e. The maximum absolute atomic E-state index is 10.3. The Hall–Kier alpha value is -0.170. The number of nitrogens with two attached hydrogens (primary N) is 1. The predicted molar refractivity (Wildman–Crippen MR) is 32.8 cm³/mol. The monoisotopic (exact) mass is 169 g/mol. The molecule has 0 bridgehead atoms. The minimum Gasteiger partial charge on any atom is -0.741 e. The van der Waals surface area contributed by atoms with Gasteiger partial charge < -0.3 is 15.0 Å². The minimum atomic E-state index is -4.61. The first-order valence-electron chi connectivity index (χ1n) is 2.85. The summed E-state index contributed by atoms with van der Waals surface area (Å²) in [6, 6.07) is 0. The molecule has 3 N–H and O–H groups in total. The lowest BCUT2D eigenvalue weighted by molar-refractivity contribution is -0.720. The molecule has 62 valence electrons. The van der Waals surface area contributed by atoms with Crippen molar-refractivity contribution in [1.29, 1.82) is 0 Å². The molecular formula is C4H11NO4S. The van der Waals surface area contributed by atoms with Crippen LogP contribution in [0.15, 0.2) is 0 Å². The van der Waals surface area contributed by atoms with Crippen LogP contribution in [0.3, 0.4) is 0 Å². The minimum absolute atomic E-state index is 0.116. The van der Waals surface area contributed by atoms with Gasteiger partial charge in [0.2, 0.25) is 0 Å². The third-order valence-corrected chi connectivity index (χ3v) is 2.78. The molecule has 0 saturated heterocycles. The highest BCUT2D eigenvalue weighted by Crippen LogP contribution is 2.05. The quantitative estimate of drug-likeness (QED) is 0.369. The van der Waals surface area contributed by atoms with Crippen molar-refractivity contribution in [2.45, 2.75) is 18.4 Å². The standard InChI is InChI=1S/C4H11NO4S/c1-3-4(6,5-2)10(7,8)9/h5-6H,3H2,1-2H3,(H,7,8,9). The first-order chi connectivity index (χ1) is 4.37. The fourth-order valence-corrected chi connectivity index (χ4v) is 1.17. The van der Waals surface area contributed by atoms with Crippen LogP contribution in [0.4, 0.5) is 0 Å². The first kappa shape index (κ1) is 9.83. The zero-order valence-corrected chi connectivity index (χ0v) is 6.68. The lowest BCUT2D eigenvalue weighted by atomic mass is 10.4. The smallest absolute Gasteiger partial charge is 0.289 e. The molecule has 0 spiro atoms. The van der Waals surface area contributed by atoms with Gasteiger partial charge in [0.15, 0.2) is 10.1 Å². The van der Waals surface area contributed by atoms with E-state index in [1.807, 2.05) is 0 Å². The van der Waals surface area contributed by atoms with E-state index in [0.717, 1.165) is 5.32 Å². The molecule has 0 aromatic rings. The Labute approximate surface area is 59.8 Å². The van der Waals surface area contributed by atoms with Gasteiger partial charge >= 0.3 is 0 Å². The molecule has 0 aromatic carbocycles. The summed E-state index contributed by atoms with van der Waals surface area (Å²) in [5, 5.41) is 7.80. The van der Waals surface area contributed by atoms with Gasteiger partial charge in [0, 0.05) is 6.42 Å². The van der Waals surface area contributed by atoms with Crippen molar-refractivity contribution in [3.63, 3.8) is 0 Å². The van der Waals surface area contributed by atoms with E-state index in [1.165, 1.54) is 14.0 Å².